The van der Waals surface area contributed by atoms with Gasteiger partial charge >= 0.3 is 21.2 Å². The third-order valence-electron chi connectivity index (χ3n) is 4.03. The Morgan fingerprint density at radius 3 is 1.25 bits per heavy atom. The fraction of sp³-hybridized carbons (Fsp3) is 0.789. The minimum atomic E-state index is -6.13. The van der Waals surface area contributed by atoms with Crippen LogP contribution in [0.25, 0.3) is 0 Å². The third-order valence-corrected chi connectivity index (χ3v) is 16.1. The number of halogens is 6. The Hall–Kier alpha value is -0.992. The average molecular weight is 601 g/mol. The summed E-state index contributed by atoms with van der Waals surface area (Å²) in [7, 11) is -10.8. The van der Waals surface area contributed by atoms with E-state index in [0.717, 1.165) is 0 Å². The molecule has 36 heavy (non-hydrogen) atoms. The minimum Gasteiger partial charge on any atom is -0.545 e. The zero-order valence-electron chi connectivity index (χ0n) is 21.8. The van der Waals surface area contributed by atoms with E-state index in [1.165, 1.54) is 0 Å². The Morgan fingerprint density at radius 1 is 0.694 bits per heavy atom. The first-order valence-corrected chi connectivity index (χ1v) is 23.2. The maximum Gasteiger partial charge on any atom is 0.469 e. The molecule has 0 fully saturated rings. The number of carbonyl (C=O) groups excluding carboxylic acids is 2. The SMILES string of the molecule is C[Si](C)(C)O[Si](CCCC(C(=O)[O-])=C(C(=O)[O-])C(C(F)(F)F)C(F)(F)F)(O[Si](C)(C)C)O[Si](C)(C)C. The Balaban J connectivity index is 6.63. The maximum absolute atomic E-state index is 13.2. The van der Waals surface area contributed by atoms with Gasteiger partial charge in [-0.05, 0) is 77.3 Å². The van der Waals surface area contributed by atoms with Gasteiger partial charge in [0.15, 0.2) is 30.9 Å². The van der Waals surface area contributed by atoms with Crippen molar-refractivity contribution in [2.24, 2.45) is 5.92 Å². The van der Waals surface area contributed by atoms with Crippen LogP contribution in [0.5, 0.6) is 0 Å². The van der Waals surface area contributed by atoms with E-state index in [4.69, 9.17) is 12.3 Å². The third kappa shape index (κ3) is 12.5. The zero-order valence-corrected chi connectivity index (χ0v) is 25.8. The summed E-state index contributed by atoms with van der Waals surface area (Å²) in [6.07, 6.45) is -13.6. The fourth-order valence-electron chi connectivity index (χ4n) is 3.37. The molecule has 7 nitrogen and oxygen atoms in total. The molecule has 0 aromatic carbocycles. The first-order valence-electron chi connectivity index (χ1n) is 11.0. The van der Waals surface area contributed by atoms with Crippen molar-refractivity contribution in [1.29, 1.82) is 0 Å². The summed E-state index contributed by atoms with van der Waals surface area (Å²) in [5, 5.41) is 23.0. The molecule has 212 valence electrons. The minimum absolute atomic E-state index is 0.147. The molecule has 0 aliphatic rings. The van der Waals surface area contributed by atoms with Gasteiger partial charge in [0.25, 0.3) is 0 Å². The molecular weight excluding hydrogens is 567 g/mol. The van der Waals surface area contributed by atoms with Gasteiger partial charge in [0.1, 0.15) is 0 Å². The van der Waals surface area contributed by atoms with Crippen molar-refractivity contribution in [1.82, 2.24) is 0 Å². The van der Waals surface area contributed by atoms with Crippen molar-refractivity contribution in [2.75, 3.05) is 0 Å². The predicted molar refractivity (Wildman–Crippen MR) is 126 cm³/mol. The molecule has 0 saturated carbocycles. The number of carboxylic acids is 2. The lowest BCUT2D eigenvalue weighted by atomic mass is 9.90. The highest BCUT2D eigenvalue weighted by atomic mass is 28.5. The summed E-state index contributed by atoms with van der Waals surface area (Å²) in [6.45, 7) is 16.6. The second-order valence-corrected chi connectivity index (χ2v) is 28.2. The number of carbonyl (C=O) groups is 2. The van der Waals surface area contributed by atoms with Gasteiger partial charge in [-0.3, -0.25) is 0 Å². The van der Waals surface area contributed by atoms with Crippen molar-refractivity contribution >= 4 is 45.7 Å². The molecule has 0 N–H and O–H groups in total. The molecule has 0 aromatic rings. The quantitative estimate of drug-likeness (QED) is 0.180. The summed E-state index contributed by atoms with van der Waals surface area (Å²) in [5.74, 6) is -9.92. The summed E-state index contributed by atoms with van der Waals surface area (Å²) in [6, 6.07) is -0.147. The van der Waals surface area contributed by atoms with Crippen molar-refractivity contribution in [2.45, 2.75) is 90.2 Å². The van der Waals surface area contributed by atoms with Crippen LogP contribution in [0.1, 0.15) is 12.8 Å². The standard InChI is InChI=1S/C19H36F6O7Si4/c1-33(2,3)30-36(31-34(4,5)6,32-35(7,8)9)12-10-11-13(16(26)27)14(17(28)29)15(18(20,21)22)19(23,24)25/h15H,10-12H2,1-9H3,(H,26,27)(H,28,29)/p-2. The molecule has 0 saturated heterocycles. The smallest absolute Gasteiger partial charge is 0.469 e. The topological polar surface area (TPSA) is 108 Å². The molecule has 0 radical (unpaired) electrons. The molecule has 0 spiro atoms. The number of aliphatic carboxylic acids is 2. The van der Waals surface area contributed by atoms with Gasteiger partial charge < -0.3 is 32.1 Å². The first kappa shape index (κ1) is 35.0. The predicted octanol–water partition coefficient (Wildman–Crippen LogP) is 3.80. The molecular formula is C19H34F6O7Si4-2. The molecule has 0 bridgehead atoms. The second-order valence-electron chi connectivity index (χ2n) is 11.2. The molecule has 0 rings (SSSR count). The van der Waals surface area contributed by atoms with Gasteiger partial charge in [0.2, 0.25) is 0 Å². The molecule has 0 amide bonds. The van der Waals surface area contributed by atoms with Crippen LogP contribution in [0.3, 0.4) is 0 Å². The highest BCUT2D eigenvalue weighted by Gasteiger charge is 2.59. The highest BCUT2D eigenvalue weighted by molar-refractivity contribution is 6.90. The lowest BCUT2D eigenvalue weighted by molar-refractivity contribution is -0.314. The highest BCUT2D eigenvalue weighted by Crippen LogP contribution is 2.45. The van der Waals surface area contributed by atoms with Crippen LogP contribution in [-0.4, -0.2) is 58.0 Å². The van der Waals surface area contributed by atoms with E-state index in [2.05, 4.69) is 0 Å². The second kappa shape index (κ2) is 11.8. The molecule has 0 atom stereocenters. The fourth-order valence-corrected chi connectivity index (χ4v) is 18.0. The lowest BCUT2D eigenvalue weighted by Crippen LogP contribution is -2.60. The molecule has 0 heterocycles. The lowest BCUT2D eigenvalue weighted by Gasteiger charge is -2.43. The molecule has 0 aliphatic carbocycles. The van der Waals surface area contributed by atoms with Crippen LogP contribution in [0.15, 0.2) is 11.1 Å². The van der Waals surface area contributed by atoms with E-state index in [9.17, 15) is 46.1 Å². The van der Waals surface area contributed by atoms with E-state index in [1.807, 2.05) is 58.9 Å². The van der Waals surface area contributed by atoms with Crippen molar-refractivity contribution in [3.8, 4) is 0 Å². The Morgan fingerprint density at radius 2 is 1.03 bits per heavy atom. The molecule has 17 heteroatoms. The first-order chi connectivity index (χ1) is 15.6. The van der Waals surface area contributed by atoms with E-state index >= 15 is 0 Å². The summed E-state index contributed by atoms with van der Waals surface area (Å²) in [4.78, 5) is 23.0. The number of rotatable bonds is 13. The van der Waals surface area contributed by atoms with E-state index in [1.54, 1.807) is 0 Å². The van der Waals surface area contributed by atoms with E-state index in [-0.39, 0.29) is 12.5 Å². The van der Waals surface area contributed by atoms with Gasteiger partial charge in [-0.1, -0.05) is 0 Å². The van der Waals surface area contributed by atoms with Crippen LogP contribution >= 0.6 is 0 Å². The van der Waals surface area contributed by atoms with Crippen LogP contribution < -0.4 is 10.2 Å². The average Bonchev–Trinajstić information content (AvgIpc) is 2.48. The van der Waals surface area contributed by atoms with Crippen LogP contribution in [0, 0.1) is 5.92 Å². The van der Waals surface area contributed by atoms with Crippen LogP contribution in [-0.2, 0) is 21.9 Å². The van der Waals surface area contributed by atoms with Crippen molar-refractivity contribution < 1.29 is 58.5 Å². The summed E-state index contributed by atoms with van der Waals surface area (Å²) < 4.78 is 98.3. The number of alkyl halides is 6. The number of hydrogen-bond acceptors (Lipinski definition) is 7. The molecule has 0 aliphatic heterocycles. The summed E-state index contributed by atoms with van der Waals surface area (Å²) in [5.41, 5.74) is -4.07. The molecule has 0 aromatic heterocycles. The van der Waals surface area contributed by atoms with Crippen molar-refractivity contribution in [3.63, 3.8) is 0 Å². The number of hydrogen-bond donors (Lipinski definition) is 0. The van der Waals surface area contributed by atoms with Crippen LogP contribution in [0.2, 0.25) is 65.0 Å². The van der Waals surface area contributed by atoms with Gasteiger partial charge in [-0.2, -0.15) is 26.3 Å². The largest absolute Gasteiger partial charge is 0.545 e. The zero-order chi connectivity index (χ0) is 29.1. The Labute approximate surface area is 211 Å². The van der Waals surface area contributed by atoms with E-state index < -0.39 is 81.5 Å². The maximum atomic E-state index is 13.2. The van der Waals surface area contributed by atoms with Gasteiger partial charge in [-0.25, -0.2) is 0 Å². The Kier molecular flexibility index (Phi) is 11.5. The normalized spacial score (nSPS) is 15.2. The van der Waals surface area contributed by atoms with E-state index in [0.29, 0.717) is 0 Å². The van der Waals surface area contributed by atoms with Gasteiger partial charge in [-0.15, -0.1) is 0 Å². The number of carboxylic acid groups (broad SMARTS) is 2. The van der Waals surface area contributed by atoms with Gasteiger partial charge in [0, 0.05) is 11.6 Å². The Bertz CT molecular complexity index is 770. The van der Waals surface area contributed by atoms with Crippen molar-refractivity contribution in [3.05, 3.63) is 11.1 Å². The summed E-state index contributed by atoms with van der Waals surface area (Å²) >= 11 is 0. The van der Waals surface area contributed by atoms with Crippen LogP contribution in [0.4, 0.5) is 26.3 Å². The van der Waals surface area contributed by atoms with Gasteiger partial charge in [0.05, 0.1) is 11.9 Å². The monoisotopic (exact) mass is 600 g/mol. The molecule has 0 unspecified atom stereocenters.